The monoisotopic (exact) mass is 271 g/mol. The average molecular weight is 272 g/mol. The van der Waals surface area contributed by atoms with Crippen molar-refractivity contribution in [2.24, 2.45) is 0 Å². The summed E-state index contributed by atoms with van der Waals surface area (Å²) in [7, 11) is 0. The molecule has 0 radical (unpaired) electrons. The molecule has 96 valence electrons. The van der Waals surface area contributed by atoms with E-state index in [9.17, 15) is 22.8 Å². The quantitative estimate of drug-likeness (QED) is 0.776. The summed E-state index contributed by atoms with van der Waals surface area (Å²) in [5.74, 6) is 0. The van der Waals surface area contributed by atoms with Crippen LogP contribution in [0.1, 0.15) is 0 Å². The van der Waals surface area contributed by atoms with Crippen molar-refractivity contribution in [1.82, 2.24) is 14.9 Å². The van der Waals surface area contributed by atoms with Crippen LogP contribution in [0.15, 0.2) is 15.8 Å². The van der Waals surface area contributed by atoms with Gasteiger partial charge in [0, 0.05) is 19.3 Å². The second-order valence-electron chi connectivity index (χ2n) is 3.22. The molecule has 0 atom stereocenters. The highest BCUT2D eigenvalue weighted by atomic mass is 35.5. The molecule has 1 aromatic rings. The Bertz CT molecular complexity index is 494. The minimum Gasteiger partial charge on any atom is -0.307 e. The van der Waals surface area contributed by atoms with E-state index in [1.807, 2.05) is 4.98 Å². The average Bonchev–Trinajstić information content (AvgIpc) is 2.18. The first-order chi connectivity index (χ1) is 7.79. The van der Waals surface area contributed by atoms with Crippen molar-refractivity contribution in [3.8, 4) is 0 Å². The Hall–Kier alpha value is -1.28. The van der Waals surface area contributed by atoms with Crippen LogP contribution in [0.2, 0.25) is 5.02 Å². The van der Waals surface area contributed by atoms with Crippen LogP contribution in [0.3, 0.4) is 0 Å². The maximum Gasteiger partial charge on any atom is 0.401 e. The van der Waals surface area contributed by atoms with Gasteiger partial charge in [-0.15, -0.1) is 0 Å². The van der Waals surface area contributed by atoms with Crippen LogP contribution in [-0.2, 0) is 6.54 Å². The van der Waals surface area contributed by atoms with Gasteiger partial charge in [0.25, 0.3) is 5.56 Å². The Morgan fingerprint density at radius 1 is 1.41 bits per heavy atom. The molecule has 0 aliphatic rings. The van der Waals surface area contributed by atoms with E-state index in [0.717, 1.165) is 10.8 Å². The summed E-state index contributed by atoms with van der Waals surface area (Å²) in [6.45, 7) is -1.23. The summed E-state index contributed by atoms with van der Waals surface area (Å²) in [6.07, 6.45) is -3.22. The van der Waals surface area contributed by atoms with Gasteiger partial charge in [0.05, 0.1) is 6.54 Å². The molecule has 1 aromatic heterocycles. The number of H-pyrrole nitrogens is 1. The Morgan fingerprint density at radius 2 is 2.06 bits per heavy atom. The maximum atomic E-state index is 11.8. The molecule has 5 nitrogen and oxygen atoms in total. The van der Waals surface area contributed by atoms with Crippen LogP contribution in [-0.4, -0.2) is 28.8 Å². The molecule has 0 spiro atoms. The molecule has 0 bridgehead atoms. The van der Waals surface area contributed by atoms with E-state index in [2.05, 4.69) is 5.32 Å². The van der Waals surface area contributed by atoms with Crippen molar-refractivity contribution in [3.05, 3.63) is 32.1 Å². The lowest BCUT2D eigenvalue weighted by atomic mass is 10.5. The largest absolute Gasteiger partial charge is 0.401 e. The van der Waals surface area contributed by atoms with E-state index >= 15 is 0 Å². The number of hydrogen-bond acceptors (Lipinski definition) is 3. The first-order valence-electron chi connectivity index (χ1n) is 4.56. The second kappa shape index (κ2) is 5.37. The maximum absolute atomic E-state index is 11.8. The number of nitrogens with zero attached hydrogens (tertiary/aromatic N) is 1. The van der Waals surface area contributed by atoms with Crippen molar-refractivity contribution in [3.63, 3.8) is 0 Å². The van der Waals surface area contributed by atoms with Gasteiger partial charge in [-0.25, -0.2) is 4.79 Å². The zero-order valence-electron chi connectivity index (χ0n) is 8.47. The summed E-state index contributed by atoms with van der Waals surface area (Å²) in [4.78, 5) is 24.0. The summed E-state index contributed by atoms with van der Waals surface area (Å²) in [5, 5.41) is 1.92. The van der Waals surface area contributed by atoms with Crippen LogP contribution in [0.25, 0.3) is 0 Å². The van der Waals surface area contributed by atoms with E-state index in [1.165, 1.54) is 0 Å². The summed E-state index contributed by atoms with van der Waals surface area (Å²) in [6, 6.07) is 0. The van der Waals surface area contributed by atoms with Crippen LogP contribution < -0.4 is 16.6 Å². The Labute approximate surface area is 98.2 Å². The smallest absolute Gasteiger partial charge is 0.307 e. The second-order valence-corrected chi connectivity index (χ2v) is 3.63. The zero-order chi connectivity index (χ0) is 13.1. The molecular formula is C8H9ClF3N3O2. The van der Waals surface area contributed by atoms with E-state index in [1.54, 1.807) is 0 Å². The predicted molar refractivity (Wildman–Crippen MR) is 55.3 cm³/mol. The molecule has 0 saturated heterocycles. The molecule has 9 heteroatoms. The zero-order valence-corrected chi connectivity index (χ0v) is 9.23. The molecule has 1 heterocycles. The van der Waals surface area contributed by atoms with Crippen molar-refractivity contribution >= 4 is 11.6 Å². The summed E-state index contributed by atoms with van der Waals surface area (Å²) in [5.41, 5.74) is -1.44. The lowest BCUT2D eigenvalue weighted by Gasteiger charge is -2.09. The number of aromatic nitrogens is 2. The predicted octanol–water partition coefficient (Wildman–Crippen LogP) is 0.342. The van der Waals surface area contributed by atoms with Gasteiger partial charge in [-0.3, -0.25) is 14.3 Å². The highest BCUT2D eigenvalue weighted by Gasteiger charge is 2.25. The summed E-state index contributed by atoms with van der Waals surface area (Å²) >= 11 is 5.47. The molecule has 0 saturated carbocycles. The third-order valence-electron chi connectivity index (χ3n) is 1.82. The molecule has 0 fully saturated rings. The number of rotatable bonds is 4. The van der Waals surface area contributed by atoms with Gasteiger partial charge in [0.2, 0.25) is 0 Å². The van der Waals surface area contributed by atoms with E-state index in [0.29, 0.717) is 0 Å². The lowest BCUT2D eigenvalue weighted by Crippen LogP contribution is -2.35. The highest BCUT2D eigenvalue weighted by Crippen LogP contribution is 2.11. The fourth-order valence-electron chi connectivity index (χ4n) is 1.08. The number of alkyl halides is 3. The molecule has 0 aliphatic heterocycles. The van der Waals surface area contributed by atoms with Crippen molar-refractivity contribution < 1.29 is 13.2 Å². The molecule has 0 aromatic carbocycles. The van der Waals surface area contributed by atoms with Crippen molar-refractivity contribution in [2.45, 2.75) is 12.7 Å². The van der Waals surface area contributed by atoms with Gasteiger partial charge in [0.15, 0.2) is 0 Å². The molecule has 0 aliphatic carbocycles. The van der Waals surface area contributed by atoms with Crippen molar-refractivity contribution in [2.75, 3.05) is 13.1 Å². The van der Waals surface area contributed by atoms with E-state index < -0.39 is 24.0 Å². The number of aromatic amines is 1. The SMILES string of the molecule is O=c1[nH]c(=O)n(CCNCC(F)(F)F)cc1Cl. The van der Waals surface area contributed by atoms with Crippen LogP contribution in [0, 0.1) is 0 Å². The Morgan fingerprint density at radius 3 is 2.65 bits per heavy atom. The minimum atomic E-state index is -4.30. The van der Waals surface area contributed by atoms with Gasteiger partial charge in [-0.1, -0.05) is 11.6 Å². The van der Waals surface area contributed by atoms with Gasteiger partial charge in [-0.05, 0) is 0 Å². The van der Waals surface area contributed by atoms with E-state index in [-0.39, 0.29) is 18.1 Å². The normalized spacial score (nSPS) is 11.8. The van der Waals surface area contributed by atoms with Crippen LogP contribution in [0.4, 0.5) is 13.2 Å². The number of halogens is 4. The fraction of sp³-hybridized carbons (Fsp3) is 0.500. The number of hydrogen-bond donors (Lipinski definition) is 2. The first kappa shape index (κ1) is 13.8. The van der Waals surface area contributed by atoms with E-state index in [4.69, 9.17) is 11.6 Å². The summed E-state index contributed by atoms with van der Waals surface area (Å²) < 4.78 is 36.4. The van der Waals surface area contributed by atoms with Crippen LogP contribution in [0.5, 0.6) is 0 Å². The minimum absolute atomic E-state index is 0.0224. The first-order valence-corrected chi connectivity index (χ1v) is 4.94. The van der Waals surface area contributed by atoms with Gasteiger partial charge >= 0.3 is 11.9 Å². The molecule has 0 unspecified atom stereocenters. The molecule has 2 N–H and O–H groups in total. The van der Waals surface area contributed by atoms with Crippen LogP contribution >= 0.6 is 11.6 Å². The van der Waals surface area contributed by atoms with Gasteiger partial charge < -0.3 is 5.32 Å². The molecule has 0 amide bonds. The van der Waals surface area contributed by atoms with Gasteiger partial charge in [-0.2, -0.15) is 13.2 Å². The Balaban J connectivity index is 2.56. The number of nitrogens with one attached hydrogen (secondary N) is 2. The lowest BCUT2D eigenvalue weighted by molar-refractivity contribution is -0.124. The molecule has 1 rings (SSSR count). The third-order valence-corrected chi connectivity index (χ3v) is 2.09. The standard InChI is InChI=1S/C8H9ClF3N3O2/c9-5-3-15(7(17)14-6(5)16)2-1-13-4-8(10,11)12/h3,13H,1-2,4H2,(H,14,16,17). The fourth-order valence-corrected chi connectivity index (χ4v) is 1.24. The van der Waals surface area contributed by atoms with Gasteiger partial charge in [0.1, 0.15) is 5.02 Å². The highest BCUT2D eigenvalue weighted by molar-refractivity contribution is 6.30. The molecular weight excluding hydrogens is 263 g/mol. The van der Waals surface area contributed by atoms with Crippen molar-refractivity contribution in [1.29, 1.82) is 0 Å². The topological polar surface area (TPSA) is 66.9 Å². The molecule has 17 heavy (non-hydrogen) atoms. The third kappa shape index (κ3) is 4.61. The Kier molecular flexibility index (Phi) is 4.35.